The van der Waals surface area contributed by atoms with Crippen molar-refractivity contribution in [3.8, 4) is 11.8 Å². The molecule has 0 fully saturated rings. The summed E-state index contributed by atoms with van der Waals surface area (Å²) in [5, 5.41) is 11.6. The number of nitrogens with zero attached hydrogens (tertiary/aromatic N) is 3. The number of alkyl halides is 3. The van der Waals surface area contributed by atoms with Gasteiger partial charge in [0.1, 0.15) is 16.8 Å². The highest BCUT2D eigenvalue weighted by atomic mass is 32.1. The summed E-state index contributed by atoms with van der Waals surface area (Å²) in [6.45, 7) is 2.06. The largest absolute Gasteiger partial charge is 0.481 e. The van der Waals surface area contributed by atoms with Gasteiger partial charge in [0.05, 0.1) is 28.9 Å². The predicted molar refractivity (Wildman–Crippen MR) is 105 cm³/mol. The maximum absolute atomic E-state index is 13.2. The van der Waals surface area contributed by atoms with E-state index in [1.807, 2.05) is 19.1 Å². The summed E-state index contributed by atoms with van der Waals surface area (Å²) in [6.07, 6.45) is -4.75. The SMILES string of the molecule is CCCC(Oc1ccc(C#N)c(C(F)(F)F)c1)C(=O)NCc1ccc2nsnc2c1. The predicted octanol–water partition coefficient (Wildman–Crippen LogP) is 4.45. The Hall–Kier alpha value is -3.19. The molecule has 1 atom stereocenters. The Kier molecular flexibility index (Phi) is 6.52. The number of carbonyl (C=O) groups is 1. The van der Waals surface area contributed by atoms with E-state index in [0.717, 1.165) is 40.5 Å². The molecular formula is C20H17F3N4O2S. The third kappa shape index (κ3) is 5.04. The molecule has 156 valence electrons. The number of nitriles is 1. The summed E-state index contributed by atoms with van der Waals surface area (Å²) in [4.78, 5) is 12.6. The van der Waals surface area contributed by atoms with Crippen LogP contribution in [0, 0.1) is 11.3 Å². The molecule has 0 radical (unpaired) electrons. The molecule has 3 rings (SSSR count). The van der Waals surface area contributed by atoms with Crippen LogP contribution in [0.15, 0.2) is 36.4 Å². The van der Waals surface area contributed by atoms with E-state index in [1.54, 1.807) is 6.07 Å². The maximum Gasteiger partial charge on any atom is 0.417 e. The molecule has 3 aromatic rings. The molecule has 30 heavy (non-hydrogen) atoms. The third-order valence-electron chi connectivity index (χ3n) is 4.32. The standard InChI is InChI=1S/C20H17F3N4O2S/c1-2-3-18(29-14-6-5-13(10-24)15(9-14)20(21,22)23)19(28)25-11-12-4-7-16-17(8-12)27-30-26-16/h4-9,18H,2-3,11H2,1H3,(H,25,28). The van der Waals surface area contributed by atoms with E-state index < -0.39 is 29.3 Å². The van der Waals surface area contributed by atoms with Crippen LogP contribution in [-0.4, -0.2) is 20.8 Å². The normalized spacial score (nSPS) is 12.4. The first-order chi connectivity index (χ1) is 14.3. The zero-order valence-corrected chi connectivity index (χ0v) is 16.7. The minimum Gasteiger partial charge on any atom is -0.481 e. The molecule has 0 aliphatic carbocycles. The van der Waals surface area contributed by atoms with E-state index >= 15 is 0 Å². The molecule has 2 aromatic carbocycles. The highest BCUT2D eigenvalue weighted by molar-refractivity contribution is 7.00. The molecule has 10 heteroatoms. The summed E-state index contributed by atoms with van der Waals surface area (Å²) in [5.41, 5.74) is 0.715. The lowest BCUT2D eigenvalue weighted by Crippen LogP contribution is -2.38. The monoisotopic (exact) mass is 434 g/mol. The van der Waals surface area contributed by atoms with Crippen molar-refractivity contribution in [1.29, 1.82) is 5.26 Å². The smallest absolute Gasteiger partial charge is 0.417 e. The average Bonchev–Trinajstić information content (AvgIpc) is 3.19. The number of hydrogen-bond acceptors (Lipinski definition) is 6. The minimum atomic E-state index is -4.70. The lowest BCUT2D eigenvalue weighted by molar-refractivity contribution is -0.137. The molecule has 1 N–H and O–H groups in total. The Morgan fingerprint density at radius 2 is 2.00 bits per heavy atom. The molecule has 0 saturated carbocycles. The van der Waals surface area contributed by atoms with Crippen molar-refractivity contribution in [2.75, 3.05) is 0 Å². The number of carbonyl (C=O) groups excluding carboxylic acids is 1. The number of hydrogen-bond donors (Lipinski definition) is 1. The zero-order chi connectivity index (χ0) is 21.7. The number of aromatic nitrogens is 2. The van der Waals surface area contributed by atoms with Crippen LogP contribution >= 0.6 is 11.7 Å². The van der Waals surface area contributed by atoms with Gasteiger partial charge in [0.2, 0.25) is 0 Å². The minimum absolute atomic E-state index is 0.120. The van der Waals surface area contributed by atoms with Gasteiger partial charge < -0.3 is 10.1 Å². The van der Waals surface area contributed by atoms with E-state index in [1.165, 1.54) is 12.1 Å². The highest BCUT2D eigenvalue weighted by Crippen LogP contribution is 2.34. The Balaban J connectivity index is 1.71. The first-order valence-corrected chi connectivity index (χ1v) is 9.81. The summed E-state index contributed by atoms with van der Waals surface area (Å²) in [7, 11) is 0. The lowest BCUT2D eigenvalue weighted by atomic mass is 10.1. The van der Waals surface area contributed by atoms with E-state index in [2.05, 4.69) is 14.1 Å². The van der Waals surface area contributed by atoms with Gasteiger partial charge in [-0.05, 0) is 42.3 Å². The van der Waals surface area contributed by atoms with Crippen LogP contribution in [0.25, 0.3) is 11.0 Å². The van der Waals surface area contributed by atoms with Gasteiger partial charge in [-0.25, -0.2) is 0 Å². The quantitative estimate of drug-likeness (QED) is 0.594. The van der Waals surface area contributed by atoms with Crippen LogP contribution in [-0.2, 0) is 17.5 Å². The number of rotatable bonds is 7. The zero-order valence-electron chi connectivity index (χ0n) is 15.9. The van der Waals surface area contributed by atoms with Crippen molar-refractivity contribution in [3.63, 3.8) is 0 Å². The summed E-state index contributed by atoms with van der Waals surface area (Å²) in [6, 6.07) is 9.99. The van der Waals surface area contributed by atoms with E-state index in [9.17, 15) is 18.0 Å². The van der Waals surface area contributed by atoms with E-state index in [4.69, 9.17) is 10.00 Å². The van der Waals surface area contributed by atoms with Crippen LogP contribution < -0.4 is 10.1 Å². The van der Waals surface area contributed by atoms with E-state index in [-0.39, 0.29) is 12.3 Å². The average molecular weight is 434 g/mol. The Labute approximate surface area is 174 Å². The van der Waals surface area contributed by atoms with Crippen molar-refractivity contribution in [2.24, 2.45) is 0 Å². The van der Waals surface area contributed by atoms with Crippen LogP contribution in [0.2, 0.25) is 0 Å². The van der Waals surface area contributed by atoms with Gasteiger partial charge in [0.25, 0.3) is 5.91 Å². The molecule has 1 amide bonds. The van der Waals surface area contributed by atoms with Crippen molar-refractivity contribution >= 4 is 28.7 Å². The second-order valence-electron chi connectivity index (χ2n) is 6.52. The van der Waals surface area contributed by atoms with Gasteiger partial charge in [-0.2, -0.15) is 27.2 Å². The third-order valence-corrected chi connectivity index (χ3v) is 4.88. The number of ether oxygens (including phenoxy) is 1. The lowest BCUT2D eigenvalue weighted by Gasteiger charge is -2.19. The molecule has 0 spiro atoms. The molecule has 0 aliphatic heterocycles. The second-order valence-corrected chi connectivity index (χ2v) is 7.05. The number of benzene rings is 2. The number of nitrogens with one attached hydrogen (secondary N) is 1. The summed E-state index contributed by atoms with van der Waals surface area (Å²) in [5.74, 6) is -0.559. The fraction of sp³-hybridized carbons (Fsp3) is 0.300. The molecule has 1 heterocycles. The molecule has 1 aromatic heterocycles. The van der Waals surface area contributed by atoms with Gasteiger partial charge >= 0.3 is 6.18 Å². The van der Waals surface area contributed by atoms with Gasteiger partial charge in [0, 0.05) is 6.54 Å². The topological polar surface area (TPSA) is 87.9 Å². The van der Waals surface area contributed by atoms with Crippen LogP contribution in [0.4, 0.5) is 13.2 Å². The summed E-state index contributed by atoms with van der Waals surface area (Å²) < 4.78 is 53.3. The van der Waals surface area contributed by atoms with Crippen molar-refractivity contribution < 1.29 is 22.7 Å². The van der Waals surface area contributed by atoms with Gasteiger partial charge in [-0.3, -0.25) is 4.79 Å². The second kappa shape index (κ2) is 9.09. The van der Waals surface area contributed by atoms with Crippen LogP contribution in [0.5, 0.6) is 5.75 Å². The number of halogens is 3. The Morgan fingerprint density at radius 1 is 1.23 bits per heavy atom. The van der Waals surface area contributed by atoms with Crippen molar-refractivity contribution in [3.05, 3.63) is 53.1 Å². The van der Waals surface area contributed by atoms with Crippen molar-refractivity contribution in [1.82, 2.24) is 14.1 Å². The first-order valence-electron chi connectivity index (χ1n) is 9.08. The molecular weight excluding hydrogens is 417 g/mol. The van der Waals surface area contributed by atoms with Gasteiger partial charge in [-0.15, -0.1) is 0 Å². The molecule has 0 bridgehead atoms. The molecule has 1 unspecified atom stereocenters. The molecule has 6 nitrogen and oxygen atoms in total. The number of amides is 1. The summed E-state index contributed by atoms with van der Waals surface area (Å²) >= 11 is 1.10. The van der Waals surface area contributed by atoms with Crippen LogP contribution in [0.1, 0.15) is 36.5 Å². The van der Waals surface area contributed by atoms with E-state index in [0.29, 0.717) is 12.8 Å². The van der Waals surface area contributed by atoms with Crippen molar-refractivity contribution in [2.45, 2.75) is 38.6 Å². The van der Waals surface area contributed by atoms with Crippen LogP contribution in [0.3, 0.4) is 0 Å². The van der Waals surface area contributed by atoms with Gasteiger partial charge in [0.15, 0.2) is 6.10 Å². The maximum atomic E-state index is 13.2. The molecule has 0 saturated heterocycles. The number of fused-ring (bicyclic) bond motifs is 1. The highest BCUT2D eigenvalue weighted by Gasteiger charge is 2.34. The Morgan fingerprint density at radius 3 is 2.70 bits per heavy atom. The Bertz CT molecular complexity index is 1090. The van der Waals surface area contributed by atoms with Gasteiger partial charge in [-0.1, -0.05) is 19.4 Å². The molecule has 0 aliphatic rings. The first kappa shape index (κ1) is 21.5. The fourth-order valence-electron chi connectivity index (χ4n) is 2.84. The fourth-order valence-corrected chi connectivity index (χ4v) is 3.36.